The van der Waals surface area contributed by atoms with Gasteiger partial charge in [-0.1, -0.05) is 17.7 Å². The van der Waals surface area contributed by atoms with E-state index in [0.29, 0.717) is 10.6 Å². The third kappa shape index (κ3) is 2.21. The maximum absolute atomic E-state index is 13.6. The minimum Gasteiger partial charge on any atom is -0.320 e. The SMILES string of the molecule is NC(c1ccncc1)c1ccc(Cl)cc1F. The van der Waals surface area contributed by atoms with E-state index in [0.717, 1.165) is 5.56 Å². The topological polar surface area (TPSA) is 38.9 Å². The van der Waals surface area contributed by atoms with Gasteiger partial charge in [-0.3, -0.25) is 4.98 Å². The van der Waals surface area contributed by atoms with E-state index in [1.807, 2.05) is 0 Å². The van der Waals surface area contributed by atoms with Gasteiger partial charge in [0.1, 0.15) is 5.82 Å². The highest BCUT2D eigenvalue weighted by molar-refractivity contribution is 6.30. The van der Waals surface area contributed by atoms with Crippen molar-refractivity contribution < 1.29 is 4.39 Å². The van der Waals surface area contributed by atoms with Crippen LogP contribution in [0.2, 0.25) is 5.02 Å². The maximum Gasteiger partial charge on any atom is 0.129 e. The molecule has 0 aliphatic carbocycles. The van der Waals surface area contributed by atoms with Crippen LogP contribution in [0.1, 0.15) is 17.2 Å². The smallest absolute Gasteiger partial charge is 0.129 e. The van der Waals surface area contributed by atoms with Crippen LogP contribution in [0.25, 0.3) is 0 Å². The molecule has 1 atom stereocenters. The molecule has 0 amide bonds. The molecule has 0 saturated carbocycles. The number of nitrogens with zero attached hydrogens (tertiary/aromatic N) is 1. The molecule has 1 unspecified atom stereocenters. The van der Waals surface area contributed by atoms with Crippen molar-refractivity contribution >= 4 is 11.6 Å². The highest BCUT2D eigenvalue weighted by atomic mass is 35.5. The number of rotatable bonds is 2. The molecule has 0 fully saturated rings. The lowest BCUT2D eigenvalue weighted by molar-refractivity contribution is 0.599. The number of nitrogens with two attached hydrogens (primary N) is 1. The summed E-state index contributed by atoms with van der Waals surface area (Å²) >= 11 is 5.68. The summed E-state index contributed by atoms with van der Waals surface area (Å²) in [5, 5.41) is 0.364. The molecule has 2 nitrogen and oxygen atoms in total. The third-order valence-corrected chi connectivity index (χ3v) is 2.60. The van der Waals surface area contributed by atoms with E-state index in [1.54, 1.807) is 36.7 Å². The van der Waals surface area contributed by atoms with E-state index in [9.17, 15) is 4.39 Å². The van der Waals surface area contributed by atoms with Gasteiger partial charge >= 0.3 is 0 Å². The molecule has 0 radical (unpaired) electrons. The lowest BCUT2D eigenvalue weighted by atomic mass is 10.0. The summed E-state index contributed by atoms with van der Waals surface area (Å²) < 4.78 is 13.6. The fraction of sp³-hybridized carbons (Fsp3) is 0.0833. The van der Waals surface area contributed by atoms with Gasteiger partial charge in [0.25, 0.3) is 0 Å². The van der Waals surface area contributed by atoms with Crippen molar-refractivity contribution in [3.63, 3.8) is 0 Å². The summed E-state index contributed by atoms with van der Waals surface area (Å²) in [6.07, 6.45) is 3.26. The molecule has 82 valence electrons. The third-order valence-electron chi connectivity index (χ3n) is 2.36. The second-order valence-electron chi connectivity index (χ2n) is 3.42. The van der Waals surface area contributed by atoms with Gasteiger partial charge in [0.05, 0.1) is 6.04 Å². The fourth-order valence-electron chi connectivity index (χ4n) is 1.50. The average molecular weight is 237 g/mol. The van der Waals surface area contributed by atoms with Gasteiger partial charge in [-0.05, 0) is 29.8 Å². The van der Waals surface area contributed by atoms with E-state index in [-0.39, 0.29) is 0 Å². The van der Waals surface area contributed by atoms with Gasteiger partial charge in [0.15, 0.2) is 0 Å². The molecule has 0 saturated heterocycles. The molecule has 1 aromatic carbocycles. The summed E-state index contributed by atoms with van der Waals surface area (Å²) in [4.78, 5) is 3.89. The number of pyridine rings is 1. The van der Waals surface area contributed by atoms with Crippen LogP contribution in [0.15, 0.2) is 42.7 Å². The molecule has 1 heterocycles. The van der Waals surface area contributed by atoms with Crippen molar-refractivity contribution in [2.75, 3.05) is 0 Å². The van der Waals surface area contributed by atoms with Crippen molar-refractivity contribution in [1.82, 2.24) is 4.98 Å². The van der Waals surface area contributed by atoms with E-state index in [4.69, 9.17) is 17.3 Å². The minimum atomic E-state index is -0.500. The minimum absolute atomic E-state index is 0.364. The fourth-order valence-corrected chi connectivity index (χ4v) is 1.66. The zero-order valence-electron chi connectivity index (χ0n) is 8.40. The summed E-state index contributed by atoms with van der Waals surface area (Å²) in [6, 6.07) is 7.51. The molecule has 0 aliphatic rings. The first-order valence-corrected chi connectivity index (χ1v) is 5.17. The Morgan fingerprint density at radius 1 is 1.19 bits per heavy atom. The lowest BCUT2D eigenvalue weighted by Crippen LogP contribution is -2.13. The largest absolute Gasteiger partial charge is 0.320 e. The monoisotopic (exact) mass is 236 g/mol. The molecule has 2 rings (SSSR count). The van der Waals surface area contributed by atoms with Crippen molar-refractivity contribution in [1.29, 1.82) is 0 Å². The molecule has 1 aromatic heterocycles. The predicted molar refractivity (Wildman–Crippen MR) is 61.7 cm³/mol. The Hall–Kier alpha value is -1.45. The Morgan fingerprint density at radius 3 is 2.50 bits per heavy atom. The molecule has 0 bridgehead atoms. The van der Waals surface area contributed by atoms with E-state index < -0.39 is 11.9 Å². The van der Waals surface area contributed by atoms with Crippen molar-refractivity contribution in [2.24, 2.45) is 5.73 Å². The first kappa shape index (κ1) is 11.0. The van der Waals surface area contributed by atoms with Gasteiger partial charge in [0, 0.05) is 23.0 Å². The maximum atomic E-state index is 13.6. The van der Waals surface area contributed by atoms with Crippen LogP contribution in [0.5, 0.6) is 0 Å². The van der Waals surface area contributed by atoms with Crippen LogP contribution in [0, 0.1) is 5.82 Å². The highest BCUT2D eigenvalue weighted by Gasteiger charge is 2.13. The molecular weight excluding hydrogens is 227 g/mol. The highest BCUT2D eigenvalue weighted by Crippen LogP contribution is 2.23. The van der Waals surface area contributed by atoms with Crippen LogP contribution in [-0.4, -0.2) is 4.98 Å². The molecule has 2 N–H and O–H groups in total. The summed E-state index contributed by atoms with van der Waals surface area (Å²) in [5.41, 5.74) is 7.20. The second-order valence-corrected chi connectivity index (χ2v) is 3.86. The Balaban J connectivity index is 2.38. The van der Waals surface area contributed by atoms with Gasteiger partial charge in [-0.15, -0.1) is 0 Å². The van der Waals surface area contributed by atoms with Crippen LogP contribution < -0.4 is 5.73 Å². The molecule has 16 heavy (non-hydrogen) atoms. The number of halogens is 2. The van der Waals surface area contributed by atoms with Gasteiger partial charge in [-0.25, -0.2) is 4.39 Å². The summed E-state index contributed by atoms with van der Waals surface area (Å²) in [7, 11) is 0. The normalized spacial score (nSPS) is 12.4. The van der Waals surface area contributed by atoms with Crippen LogP contribution >= 0.6 is 11.6 Å². The first-order valence-electron chi connectivity index (χ1n) is 4.79. The van der Waals surface area contributed by atoms with Gasteiger partial charge in [-0.2, -0.15) is 0 Å². The van der Waals surface area contributed by atoms with Crippen LogP contribution in [0.4, 0.5) is 4.39 Å². The zero-order chi connectivity index (χ0) is 11.5. The molecule has 4 heteroatoms. The predicted octanol–water partition coefficient (Wildman–Crippen LogP) is 2.92. The van der Waals surface area contributed by atoms with E-state index in [1.165, 1.54) is 6.07 Å². The average Bonchev–Trinajstić information content (AvgIpc) is 2.29. The number of hydrogen-bond donors (Lipinski definition) is 1. The van der Waals surface area contributed by atoms with E-state index in [2.05, 4.69) is 4.98 Å². The lowest BCUT2D eigenvalue weighted by Gasteiger charge is -2.13. The van der Waals surface area contributed by atoms with Crippen molar-refractivity contribution in [3.05, 3.63) is 64.7 Å². The standard InChI is InChI=1S/C12H10ClFN2/c13-9-1-2-10(11(14)7-9)12(15)8-3-5-16-6-4-8/h1-7,12H,15H2. The summed E-state index contributed by atoms with van der Waals surface area (Å²) in [6.45, 7) is 0. The Kier molecular flexibility index (Phi) is 3.17. The molecule has 2 aromatic rings. The molecule has 0 aliphatic heterocycles. The number of benzene rings is 1. The summed E-state index contributed by atoms with van der Waals surface area (Å²) in [5.74, 6) is -0.392. The van der Waals surface area contributed by atoms with Gasteiger partial charge < -0.3 is 5.73 Å². The zero-order valence-corrected chi connectivity index (χ0v) is 9.16. The Bertz CT molecular complexity index is 488. The van der Waals surface area contributed by atoms with Crippen LogP contribution in [-0.2, 0) is 0 Å². The van der Waals surface area contributed by atoms with Crippen molar-refractivity contribution in [3.8, 4) is 0 Å². The Morgan fingerprint density at radius 2 is 1.88 bits per heavy atom. The quantitative estimate of drug-likeness (QED) is 0.871. The first-order chi connectivity index (χ1) is 7.68. The Labute approximate surface area is 97.9 Å². The molecule has 0 spiro atoms. The van der Waals surface area contributed by atoms with Gasteiger partial charge in [0.2, 0.25) is 0 Å². The number of aromatic nitrogens is 1. The second kappa shape index (κ2) is 4.60. The van der Waals surface area contributed by atoms with Crippen LogP contribution in [0.3, 0.4) is 0 Å². The number of hydrogen-bond acceptors (Lipinski definition) is 2. The van der Waals surface area contributed by atoms with Crippen molar-refractivity contribution in [2.45, 2.75) is 6.04 Å². The van der Waals surface area contributed by atoms with E-state index >= 15 is 0 Å². The molecular formula is C12H10ClFN2.